The molecule has 0 saturated carbocycles. The summed E-state index contributed by atoms with van der Waals surface area (Å²) >= 11 is 9.26. The molecule has 7 nitrogen and oxygen atoms in total. The summed E-state index contributed by atoms with van der Waals surface area (Å²) in [6.07, 6.45) is 0. The second-order valence-corrected chi connectivity index (χ2v) is 8.81. The minimum absolute atomic E-state index is 0.222. The lowest BCUT2D eigenvalue weighted by Crippen LogP contribution is -2.36. The first-order valence-corrected chi connectivity index (χ1v) is 10.7. The molecule has 28 heavy (non-hydrogen) atoms. The molecular weight excluding hydrogens is 420 g/mol. The van der Waals surface area contributed by atoms with Gasteiger partial charge >= 0.3 is 0 Å². The summed E-state index contributed by atoms with van der Waals surface area (Å²) in [5, 5.41) is 4.25. The number of thiazole rings is 1. The number of benzene rings is 1. The highest BCUT2D eigenvalue weighted by atomic mass is 35.5. The molecule has 0 bridgehead atoms. The van der Waals surface area contributed by atoms with E-state index in [-0.39, 0.29) is 5.91 Å². The number of ether oxygens (including phenoxy) is 1. The molecule has 1 saturated heterocycles. The molecule has 3 aromatic heterocycles. The molecule has 1 fully saturated rings. The number of fused-ring (bicyclic) bond motifs is 2. The molecule has 10 heteroatoms. The highest BCUT2D eigenvalue weighted by Crippen LogP contribution is 2.36. The van der Waals surface area contributed by atoms with Crippen molar-refractivity contribution in [1.29, 1.82) is 0 Å². The van der Waals surface area contributed by atoms with Crippen LogP contribution in [0.1, 0.15) is 15.6 Å². The summed E-state index contributed by atoms with van der Waals surface area (Å²) in [4.78, 5) is 25.3. The summed E-state index contributed by atoms with van der Waals surface area (Å²) < 4.78 is 11.9. The Hall–Kier alpha value is -2.20. The van der Waals surface area contributed by atoms with Crippen molar-refractivity contribution in [2.45, 2.75) is 6.92 Å². The van der Waals surface area contributed by atoms with Gasteiger partial charge in [-0.1, -0.05) is 22.9 Å². The number of hydrogen-bond donors (Lipinski definition) is 1. The third-order valence-electron chi connectivity index (χ3n) is 4.42. The molecule has 1 aliphatic heterocycles. The molecule has 5 rings (SSSR count). The Bertz CT molecular complexity index is 1160. The highest BCUT2D eigenvalue weighted by Gasteiger charge is 2.19. The van der Waals surface area contributed by atoms with Crippen molar-refractivity contribution in [3.63, 3.8) is 0 Å². The minimum atomic E-state index is -0.222. The number of halogens is 1. The summed E-state index contributed by atoms with van der Waals surface area (Å²) in [7, 11) is 0. The number of morpholine rings is 1. The van der Waals surface area contributed by atoms with Crippen LogP contribution in [0.5, 0.6) is 0 Å². The molecule has 0 unspecified atom stereocenters. The molecule has 1 aliphatic rings. The smallest absolute Gasteiger partial charge is 0.265 e. The third-order valence-corrected chi connectivity index (χ3v) is 6.95. The van der Waals surface area contributed by atoms with E-state index in [4.69, 9.17) is 20.8 Å². The average molecular weight is 435 g/mol. The Morgan fingerprint density at radius 1 is 1.21 bits per heavy atom. The van der Waals surface area contributed by atoms with Gasteiger partial charge in [-0.15, -0.1) is 11.3 Å². The second kappa shape index (κ2) is 7.00. The zero-order chi connectivity index (χ0) is 19.3. The van der Waals surface area contributed by atoms with Gasteiger partial charge in [-0.3, -0.25) is 4.79 Å². The van der Waals surface area contributed by atoms with E-state index in [1.54, 1.807) is 30.4 Å². The first kappa shape index (κ1) is 17.9. The van der Waals surface area contributed by atoms with Crippen LogP contribution < -0.4 is 10.2 Å². The van der Waals surface area contributed by atoms with Crippen molar-refractivity contribution in [2.75, 3.05) is 36.5 Å². The molecule has 0 radical (unpaired) electrons. The average Bonchev–Trinajstić information content (AvgIpc) is 3.34. The summed E-state index contributed by atoms with van der Waals surface area (Å²) in [5.41, 5.74) is 1.74. The van der Waals surface area contributed by atoms with Crippen LogP contribution in [0.3, 0.4) is 0 Å². The van der Waals surface area contributed by atoms with Crippen molar-refractivity contribution in [2.24, 2.45) is 0 Å². The maximum atomic E-state index is 12.7. The van der Waals surface area contributed by atoms with Gasteiger partial charge in [0.05, 0.1) is 33.5 Å². The van der Waals surface area contributed by atoms with Crippen LogP contribution >= 0.6 is 34.3 Å². The van der Waals surface area contributed by atoms with E-state index < -0.39 is 0 Å². The van der Waals surface area contributed by atoms with Gasteiger partial charge in [-0.25, -0.2) is 9.97 Å². The summed E-state index contributed by atoms with van der Waals surface area (Å²) in [5.74, 6) is 0.329. The fraction of sp³-hybridized carbons (Fsp3) is 0.278. The van der Waals surface area contributed by atoms with Crippen LogP contribution in [0, 0.1) is 6.92 Å². The maximum Gasteiger partial charge on any atom is 0.265 e. The van der Waals surface area contributed by atoms with E-state index >= 15 is 0 Å². The topological polar surface area (TPSA) is 80.5 Å². The molecule has 0 atom stereocenters. The monoisotopic (exact) mass is 434 g/mol. The molecule has 1 amide bonds. The largest absolute Gasteiger partial charge is 0.441 e. The number of amides is 1. The van der Waals surface area contributed by atoms with E-state index in [0.29, 0.717) is 32.6 Å². The van der Waals surface area contributed by atoms with Gasteiger partial charge in [0.25, 0.3) is 5.91 Å². The fourth-order valence-electron chi connectivity index (χ4n) is 3.07. The Morgan fingerprint density at radius 2 is 2.04 bits per heavy atom. The van der Waals surface area contributed by atoms with Gasteiger partial charge in [0.1, 0.15) is 10.3 Å². The van der Waals surface area contributed by atoms with Crippen molar-refractivity contribution in [3.8, 4) is 0 Å². The highest BCUT2D eigenvalue weighted by molar-refractivity contribution is 7.29. The van der Waals surface area contributed by atoms with Crippen molar-refractivity contribution < 1.29 is 13.9 Å². The number of carbonyl (C=O) groups excluding carboxylic acids is 1. The normalized spacial score (nSPS) is 14.9. The summed E-state index contributed by atoms with van der Waals surface area (Å²) in [6, 6.07) is 5.26. The third kappa shape index (κ3) is 3.24. The van der Waals surface area contributed by atoms with E-state index in [1.165, 1.54) is 11.3 Å². The molecule has 0 aliphatic carbocycles. The lowest BCUT2D eigenvalue weighted by molar-refractivity contribution is 0.103. The van der Waals surface area contributed by atoms with Crippen molar-refractivity contribution in [3.05, 3.63) is 34.0 Å². The van der Waals surface area contributed by atoms with E-state index in [1.807, 2.05) is 6.07 Å². The van der Waals surface area contributed by atoms with Crippen LogP contribution in [-0.2, 0) is 4.74 Å². The number of hydrogen-bond acceptors (Lipinski definition) is 8. The minimum Gasteiger partial charge on any atom is -0.441 e. The molecule has 4 heterocycles. The standard InChI is InChI=1S/C18H15ClN4O3S2/c1-9-20-12-6-10(19)11(7-13(12)26-9)21-16(24)14-8-15-17(27-14)22-18(28-15)23-2-4-25-5-3-23/h6-8H,2-5H2,1H3,(H,21,24). The Balaban J connectivity index is 1.38. The number of anilines is 2. The Labute approximate surface area is 172 Å². The maximum absolute atomic E-state index is 12.7. The van der Waals surface area contributed by atoms with Gasteiger partial charge in [-0.05, 0) is 12.1 Å². The second-order valence-electron chi connectivity index (χ2n) is 6.36. The van der Waals surface area contributed by atoms with E-state index in [2.05, 4.69) is 20.2 Å². The van der Waals surface area contributed by atoms with Crippen molar-refractivity contribution in [1.82, 2.24) is 9.97 Å². The number of aromatic nitrogens is 2. The molecular formula is C18H15ClN4O3S2. The molecule has 144 valence electrons. The Morgan fingerprint density at radius 3 is 2.82 bits per heavy atom. The lowest BCUT2D eigenvalue weighted by atomic mass is 10.2. The zero-order valence-electron chi connectivity index (χ0n) is 14.8. The number of aryl methyl sites for hydroxylation is 1. The van der Waals surface area contributed by atoms with Crippen LogP contribution in [0.2, 0.25) is 5.02 Å². The van der Waals surface area contributed by atoms with Crippen molar-refractivity contribution >= 4 is 71.6 Å². The molecule has 1 N–H and O–H groups in total. The first-order valence-electron chi connectivity index (χ1n) is 8.68. The van der Waals surface area contributed by atoms with Crippen LogP contribution in [0.15, 0.2) is 22.6 Å². The number of rotatable bonds is 3. The van der Waals surface area contributed by atoms with Gasteiger partial charge in [0, 0.05) is 26.1 Å². The van der Waals surface area contributed by atoms with Crippen LogP contribution in [0.25, 0.3) is 20.6 Å². The predicted octanol–water partition coefficient (Wildman–Crippen LogP) is 4.55. The first-order chi connectivity index (χ1) is 13.6. The number of thiophene rings is 1. The number of nitrogens with zero attached hydrogens (tertiary/aromatic N) is 3. The fourth-order valence-corrected chi connectivity index (χ4v) is 5.43. The predicted molar refractivity (Wildman–Crippen MR) is 112 cm³/mol. The summed E-state index contributed by atoms with van der Waals surface area (Å²) in [6.45, 7) is 4.89. The van der Waals surface area contributed by atoms with Gasteiger partial charge in [0.2, 0.25) is 0 Å². The molecule has 4 aromatic rings. The number of oxazole rings is 1. The zero-order valence-corrected chi connectivity index (χ0v) is 17.2. The van der Waals surface area contributed by atoms with Gasteiger partial charge in [-0.2, -0.15) is 0 Å². The Kier molecular flexibility index (Phi) is 4.47. The molecule has 1 aromatic carbocycles. The van der Waals surface area contributed by atoms with Gasteiger partial charge in [0.15, 0.2) is 16.6 Å². The number of carbonyl (C=O) groups is 1. The van der Waals surface area contributed by atoms with Crippen LogP contribution in [-0.4, -0.2) is 42.2 Å². The van der Waals surface area contributed by atoms with E-state index in [9.17, 15) is 4.79 Å². The van der Waals surface area contributed by atoms with Gasteiger partial charge < -0.3 is 19.4 Å². The lowest BCUT2D eigenvalue weighted by Gasteiger charge is -2.25. The quantitative estimate of drug-likeness (QED) is 0.509. The van der Waals surface area contributed by atoms with Crippen LogP contribution in [0.4, 0.5) is 10.8 Å². The van der Waals surface area contributed by atoms with E-state index in [0.717, 1.165) is 41.0 Å². The number of nitrogens with one attached hydrogen (secondary N) is 1. The molecule has 0 spiro atoms. The SMILES string of the molecule is Cc1nc2cc(Cl)c(NC(=O)c3cc4sc(N5CCOCC5)nc4s3)cc2o1.